The van der Waals surface area contributed by atoms with Crippen LogP contribution in [-0.4, -0.2) is 11.0 Å². The molecule has 1 rings (SSSR count). The van der Waals surface area contributed by atoms with E-state index in [-0.39, 0.29) is 0 Å². The summed E-state index contributed by atoms with van der Waals surface area (Å²) in [6, 6.07) is 0. The van der Waals surface area contributed by atoms with Crippen LogP contribution in [0.1, 0.15) is 33.1 Å². The normalized spacial score (nSPS) is 39.5. The first-order chi connectivity index (χ1) is 5.65. The minimum atomic E-state index is 0.631. The summed E-state index contributed by atoms with van der Waals surface area (Å²) in [4.78, 5) is 0. The van der Waals surface area contributed by atoms with Gasteiger partial charge in [-0.2, -0.15) is 25.3 Å². The van der Waals surface area contributed by atoms with Crippen LogP contribution in [-0.2, 0) is 0 Å². The molecule has 1 aliphatic carbocycles. The predicted octanol–water partition coefficient (Wildman–Crippen LogP) is 3.29. The summed E-state index contributed by atoms with van der Waals surface area (Å²) in [5, 5.41) is 0.631. The fourth-order valence-electron chi connectivity index (χ4n) is 2.00. The second kappa shape index (κ2) is 4.80. The van der Waals surface area contributed by atoms with Crippen LogP contribution in [0.2, 0.25) is 0 Å². The maximum atomic E-state index is 4.62. The zero-order chi connectivity index (χ0) is 9.14. The Morgan fingerprint density at radius 1 is 1.42 bits per heavy atom. The first-order valence-electron chi connectivity index (χ1n) is 4.94. The van der Waals surface area contributed by atoms with Crippen LogP contribution in [0, 0.1) is 17.8 Å². The van der Waals surface area contributed by atoms with Crippen molar-refractivity contribution in [2.75, 3.05) is 5.75 Å². The van der Waals surface area contributed by atoms with Gasteiger partial charge in [0.1, 0.15) is 0 Å². The van der Waals surface area contributed by atoms with Crippen LogP contribution in [0.25, 0.3) is 0 Å². The average Bonchev–Trinajstić information content (AvgIpc) is 2.08. The smallest absolute Gasteiger partial charge is 0.00451 e. The molecule has 72 valence electrons. The molecule has 0 amide bonds. The third-order valence-electron chi connectivity index (χ3n) is 3.29. The van der Waals surface area contributed by atoms with E-state index < -0.39 is 0 Å². The minimum Gasteiger partial charge on any atom is -0.179 e. The van der Waals surface area contributed by atoms with Crippen molar-refractivity contribution in [1.82, 2.24) is 0 Å². The van der Waals surface area contributed by atoms with Crippen LogP contribution < -0.4 is 0 Å². The Hall–Kier alpha value is 0.700. The summed E-state index contributed by atoms with van der Waals surface area (Å²) in [6.07, 6.45) is 4.04. The van der Waals surface area contributed by atoms with Crippen molar-refractivity contribution in [2.45, 2.75) is 38.4 Å². The monoisotopic (exact) mass is 204 g/mol. The second-order valence-electron chi connectivity index (χ2n) is 4.28. The zero-order valence-electron chi connectivity index (χ0n) is 8.03. The van der Waals surface area contributed by atoms with E-state index in [1.807, 2.05) is 0 Å². The van der Waals surface area contributed by atoms with Gasteiger partial charge in [0.05, 0.1) is 0 Å². The van der Waals surface area contributed by atoms with E-state index in [1.165, 1.54) is 19.3 Å². The Bertz CT molecular complexity index is 136. The molecule has 0 heterocycles. The highest BCUT2D eigenvalue weighted by molar-refractivity contribution is 7.81. The summed E-state index contributed by atoms with van der Waals surface area (Å²) in [6.45, 7) is 4.63. The van der Waals surface area contributed by atoms with Gasteiger partial charge in [0.15, 0.2) is 0 Å². The molecule has 0 N–H and O–H groups in total. The Morgan fingerprint density at radius 3 is 2.58 bits per heavy atom. The van der Waals surface area contributed by atoms with Crippen LogP contribution in [0.15, 0.2) is 0 Å². The molecule has 0 radical (unpaired) electrons. The largest absolute Gasteiger partial charge is 0.179 e. The topological polar surface area (TPSA) is 0 Å². The van der Waals surface area contributed by atoms with E-state index >= 15 is 0 Å². The highest BCUT2D eigenvalue weighted by Gasteiger charge is 2.27. The highest BCUT2D eigenvalue weighted by atomic mass is 32.1. The average molecular weight is 204 g/mol. The quantitative estimate of drug-likeness (QED) is 0.634. The van der Waals surface area contributed by atoms with E-state index in [2.05, 4.69) is 39.1 Å². The zero-order valence-corrected chi connectivity index (χ0v) is 9.82. The molecular weight excluding hydrogens is 184 g/mol. The molecular formula is C10H20S2. The van der Waals surface area contributed by atoms with Gasteiger partial charge in [-0.3, -0.25) is 0 Å². The van der Waals surface area contributed by atoms with Crippen LogP contribution in [0.3, 0.4) is 0 Å². The third kappa shape index (κ3) is 2.59. The van der Waals surface area contributed by atoms with Gasteiger partial charge in [-0.25, -0.2) is 0 Å². The number of rotatable bonds is 2. The van der Waals surface area contributed by atoms with E-state index in [9.17, 15) is 0 Å². The summed E-state index contributed by atoms with van der Waals surface area (Å²) in [7, 11) is 0. The van der Waals surface area contributed by atoms with Crippen LogP contribution in [0.4, 0.5) is 0 Å². The second-order valence-corrected chi connectivity index (χ2v) is 5.31. The number of thiol groups is 2. The first kappa shape index (κ1) is 10.8. The standard InChI is InChI=1S/C10H20S2/c1-7-3-4-9(5-10(7)12)8(2)6-11/h7-12H,3-6H2,1-2H3/t7-,8-,9-,10-/m0/s1. The maximum absolute atomic E-state index is 4.62. The SMILES string of the molecule is C[C@@H](CS)[C@H]1CC[C@H](C)[C@@H](S)C1. The highest BCUT2D eigenvalue weighted by Crippen LogP contribution is 2.36. The van der Waals surface area contributed by atoms with Gasteiger partial charge in [-0.1, -0.05) is 13.8 Å². The lowest BCUT2D eigenvalue weighted by Gasteiger charge is -2.34. The molecule has 0 unspecified atom stereocenters. The molecule has 0 aromatic rings. The first-order valence-corrected chi connectivity index (χ1v) is 6.09. The van der Waals surface area contributed by atoms with Crippen molar-refractivity contribution in [3.05, 3.63) is 0 Å². The van der Waals surface area contributed by atoms with Gasteiger partial charge in [-0.15, -0.1) is 0 Å². The van der Waals surface area contributed by atoms with E-state index in [0.717, 1.165) is 23.5 Å². The van der Waals surface area contributed by atoms with Crippen molar-refractivity contribution in [3.8, 4) is 0 Å². The van der Waals surface area contributed by atoms with Crippen molar-refractivity contribution >= 4 is 25.3 Å². The molecule has 1 aliphatic rings. The lowest BCUT2D eigenvalue weighted by atomic mass is 9.77. The van der Waals surface area contributed by atoms with Crippen LogP contribution in [0.5, 0.6) is 0 Å². The van der Waals surface area contributed by atoms with E-state index in [1.54, 1.807) is 0 Å². The lowest BCUT2D eigenvalue weighted by Crippen LogP contribution is -2.27. The van der Waals surface area contributed by atoms with Gasteiger partial charge in [0.2, 0.25) is 0 Å². The molecule has 0 aliphatic heterocycles. The van der Waals surface area contributed by atoms with Crippen molar-refractivity contribution < 1.29 is 0 Å². The molecule has 4 atom stereocenters. The molecule has 0 bridgehead atoms. The molecule has 12 heavy (non-hydrogen) atoms. The fraction of sp³-hybridized carbons (Fsp3) is 1.00. The number of hydrogen-bond donors (Lipinski definition) is 2. The summed E-state index contributed by atoms with van der Waals surface area (Å²) >= 11 is 8.98. The van der Waals surface area contributed by atoms with Crippen molar-refractivity contribution in [1.29, 1.82) is 0 Å². The molecule has 1 saturated carbocycles. The van der Waals surface area contributed by atoms with E-state index in [4.69, 9.17) is 0 Å². The third-order valence-corrected chi connectivity index (χ3v) is 4.58. The summed E-state index contributed by atoms with van der Waals surface area (Å²) in [5.74, 6) is 3.49. The van der Waals surface area contributed by atoms with E-state index in [0.29, 0.717) is 5.25 Å². The maximum Gasteiger partial charge on any atom is 0.00451 e. The van der Waals surface area contributed by atoms with Gasteiger partial charge >= 0.3 is 0 Å². The fourth-order valence-corrected chi connectivity index (χ4v) is 2.71. The molecule has 0 aromatic carbocycles. The van der Waals surface area contributed by atoms with Crippen molar-refractivity contribution in [3.63, 3.8) is 0 Å². The number of hydrogen-bond acceptors (Lipinski definition) is 2. The Balaban J connectivity index is 2.39. The lowest BCUT2D eigenvalue weighted by molar-refractivity contribution is 0.246. The van der Waals surface area contributed by atoms with Gasteiger partial charge in [-0.05, 0) is 42.8 Å². The molecule has 1 fully saturated rings. The molecule has 2 heteroatoms. The predicted molar refractivity (Wildman–Crippen MR) is 62.3 cm³/mol. The van der Waals surface area contributed by atoms with Gasteiger partial charge in [0.25, 0.3) is 0 Å². The molecule has 0 saturated heterocycles. The Morgan fingerprint density at radius 2 is 2.08 bits per heavy atom. The van der Waals surface area contributed by atoms with Gasteiger partial charge < -0.3 is 0 Å². The molecule has 0 aromatic heterocycles. The Kier molecular flexibility index (Phi) is 4.31. The summed E-state index contributed by atoms with van der Waals surface area (Å²) < 4.78 is 0. The summed E-state index contributed by atoms with van der Waals surface area (Å²) in [5.41, 5.74) is 0. The van der Waals surface area contributed by atoms with Gasteiger partial charge in [0, 0.05) is 5.25 Å². The minimum absolute atomic E-state index is 0.631. The molecule has 0 nitrogen and oxygen atoms in total. The Labute approximate surface area is 87.3 Å². The molecule has 0 spiro atoms. The van der Waals surface area contributed by atoms with Crippen molar-refractivity contribution in [2.24, 2.45) is 17.8 Å². The van der Waals surface area contributed by atoms with Crippen LogP contribution >= 0.6 is 25.3 Å².